The number of aromatic hydroxyl groups is 1. The Hall–Kier alpha value is -4.09. The van der Waals surface area contributed by atoms with Gasteiger partial charge >= 0.3 is 0 Å². The number of hydrogen-bond donors (Lipinski definition) is 4. The predicted molar refractivity (Wildman–Crippen MR) is 130 cm³/mol. The molecule has 1 amide bonds. The van der Waals surface area contributed by atoms with Crippen molar-refractivity contribution in [2.45, 2.75) is 0 Å². The predicted octanol–water partition coefficient (Wildman–Crippen LogP) is 3.41. The Morgan fingerprint density at radius 2 is 1.81 bits per heavy atom. The summed E-state index contributed by atoms with van der Waals surface area (Å²) in [6, 6.07) is 10.2. The summed E-state index contributed by atoms with van der Waals surface area (Å²) in [5, 5.41) is 16.5. The van der Waals surface area contributed by atoms with Crippen LogP contribution in [0.4, 0.5) is 20.3 Å². The van der Waals surface area contributed by atoms with E-state index in [0.717, 1.165) is 31.8 Å². The van der Waals surface area contributed by atoms with E-state index in [4.69, 9.17) is 4.74 Å². The number of nitrogens with zero attached hydrogens (tertiary/aromatic N) is 3. The third kappa shape index (κ3) is 4.97. The highest BCUT2D eigenvalue weighted by molar-refractivity contribution is 5.97. The number of ether oxygens (including phenoxy) is 1. The molecule has 1 saturated heterocycles. The molecule has 5 rings (SSSR count). The van der Waals surface area contributed by atoms with E-state index in [1.807, 2.05) is 0 Å². The van der Waals surface area contributed by atoms with Gasteiger partial charge in [0.05, 0.1) is 24.3 Å². The van der Waals surface area contributed by atoms with Gasteiger partial charge in [0.15, 0.2) is 5.82 Å². The van der Waals surface area contributed by atoms with Crippen LogP contribution in [0, 0.1) is 11.6 Å². The SMILES string of the molecule is O=C(NCCN1CCOCC1)c1ccc(Nc2nc(-c3c(F)cccc3F)nc3c[nH]c(O)c23)cc1. The van der Waals surface area contributed by atoms with Crippen molar-refractivity contribution in [1.29, 1.82) is 0 Å². The normalized spacial score (nSPS) is 14.2. The van der Waals surface area contributed by atoms with E-state index in [2.05, 4.69) is 30.5 Å². The Kier molecular flexibility index (Phi) is 6.74. The molecule has 1 fully saturated rings. The van der Waals surface area contributed by atoms with Crippen molar-refractivity contribution in [2.24, 2.45) is 0 Å². The number of amides is 1. The van der Waals surface area contributed by atoms with E-state index in [9.17, 15) is 18.7 Å². The number of aromatic amines is 1. The number of carbonyl (C=O) groups excluding carboxylic acids is 1. The summed E-state index contributed by atoms with van der Waals surface area (Å²) in [6.07, 6.45) is 1.42. The molecule has 36 heavy (non-hydrogen) atoms. The Labute approximate surface area is 205 Å². The number of hydrogen-bond acceptors (Lipinski definition) is 7. The molecule has 2 aromatic carbocycles. The van der Waals surface area contributed by atoms with Crippen LogP contribution in [0.5, 0.6) is 5.88 Å². The third-order valence-corrected chi connectivity index (χ3v) is 5.93. The Bertz CT molecular complexity index is 1370. The standard InChI is InChI=1S/C25H24F2N6O3/c26-17-2-1-3-18(27)20(17)22-31-19-14-29-25(35)21(19)23(32-22)30-16-6-4-15(5-7-16)24(34)28-8-9-33-10-12-36-13-11-33/h1-7,14,29,35H,8-13H2,(H,28,34)(H,30,31,32). The number of fused-ring (bicyclic) bond motifs is 1. The number of nitrogens with one attached hydrogen (secondary N) is 3. The number of rotatable bonds is 7. The number of benzene rings is 2. The minimum absolute atomic E-state index is 0.152. The molecule has 2 aromatic heterocycles. The molecule has 0 bridgehead atoms. The maximum atomic E-state index is 14.4. The molecular formula is C25H24F2N6O3. The maximum absolute atomic E-state index is 14.4. The Morgan fingerprint density at radius 3 is 2.53 bits per heavy atom. The number of H-pyrrole nitrogens is 1. The van der Waals surface area contributed by atoms with Crippen molar-refractivity contribution in [2.75, 3.05) is 44.7 Å². The highest BCUT2D eigenvalue weighted by Crippen LogP contribution is 2.34. The van der Waals surface area contributed by atoms with Crippen LogP contribution in [0.15, 0.2) is 48.7 Å². The highest BCUT2D eigenvalue weighted by Gasteiger charge is 2.19. The van der Waals surface area contributed by atoms with Crippen LogP contribution in [0.1, 0.15) is 10.4 Å². The fourth-order valence-corrected chi connectivity index (χ4v) is 4.03. The second-order valence-electron chi connectivity index (χ2n) is 8.30. The van der Waals surface area contributed by atoms with Gasteiger partial charge < -0.3 is 25.5 Å². The van der Waals surface area contributed by atoms with Crippen molar-refractivity contribution in [1.82, 2.24) is 25.2 Å². The highest BCUT2D eigenvalue weighted by atomic mass is 19.1. The van der Waals surface area contributed by atoms with Gasteiger partial charge in [-0.15, -0.1) is 0 Å². The second kappa shape index (κ2) is 10.3. The summed E-state index contributed by atoms with van der Waals surface area (Å²) in [5.41, 5.74) is 0.945. The van der Waals surface area contributed by atoms with Gasteiger partial charge in [-0.3, -0.25) is 9.69 Å². The zero-order valence-corrected chi connectivity index (χ0v) is 19.2. The molecule has 1 aliphatic rings. The minimum atomic E-state index is -0.802. The van der Waals surface area contributed by atoms with Gasteiger partial charge in [-0.2, -0.15) is 0 Å². The molecule has 0 radical (unpaired) electrons. The molecule has 0 unspecified atom stereocenters. The lowest BCUT2D eigenvalue weighted by atomic mass is 10.1. The smallest absolute Gasteiger partial charge is 0.251 e. The number of anilines is 2. The lowest BCUT2D eigenvalue weighted by Crippen LogP contribution is -2.41. The third-order valence-electron chi connectivity index (χ3n) is 5.93. The van der Waals surface area contributed by atoms with E-state index < -0.39 is 11.6 Å². The molecular weight excluding hydrogens is 470 g/mol. The molecule has 0 aliphatic carbocycles. The van der Waals surface area contributed by atoms with Crippen molar-refractivity contribution in [3.63, 3.8) is 0 Å². The van der Waals surface area contributed by atoms with Gasteiger partial charge in [-0.05, 0) is 36.4 Å². The zero-order chi connectivity index (χ0) is 25.1. The summed E-state index contributed by atoms with van der Waals surface area (Å²) in [5.74, 6) is -2.01. The molecule has 4 aromatic rings. The quantitative estimate of drug-likeness (QED) is 0.311. The fourth-order valence-electron chi connectivity index (χ4n) is 4.03. The summed E-state index contributed by atoms with van der Waals surface area (Å²) < 4.78 is 34.1. The zero-order valence-electron chi connectivity index (χ0n) is 19.2. The van der Waals surface area contributed by atoms with Gasteiger partial charge in [0.2, 0.25) is 5.88 Å². The molecule has 0 saturated carbocycles. The molecule has 0 atom stereocenters. The Balaban J connectivity index is 1.33. The number of halogens is 2. The van der Waals surface area contributed by atoms with Crippen LogP contribution in [-0.2, 0) is 4.74 Å². The van der Waals surface area contributed by atoms with E-state index in [1.54, 1.807) is 24.3 Å². The number of carbonyl (C=O) groups is 1. The van der Waals surface area contributed by atoms with E-state index in [-0.39, 0.29) is 39.9 Å². The van der Waals surface area contributed by atoms with Crippen molar-refractivity contribution in [3.05, 3.63) is 65.9 Å². The summed E-state index contributed by atoms with van der Waals surface area (Å²) in [6.45, 7) is 4.41. The summed E-state index contributed by atoms with van der Waals surface area (Å²) in [4.78, 5) is 25.9. The summed E-state index contributed by atoms with van der Waals surface area (Å²) >= 11 is 0. The molecule has 4 N–H and O–H groups in total. The van der Waals surface area contributed by atoms with Gasteiger partial charge in [0.25, 0.3) is 5.91 Å². The van der Waals surface area contributed by atoms with Crippen molar-refractivity contribution in [3.8, 4) is 17.3 Å². The van der Waals surface area contributed by atoms with Crippen LogP contribution in [0.25, 0.3) is 22.3 Å². The van der Waals surface area contributed by atoms with Gasteiger partial charge in [-0.1, -0.05) is 6.07 Å². The number of morpholine rings is 1. The monoisotopic (exact) mass is 494 g/mol. The first-order chi connectivity index (χ1) is 17.5. The second-order valence-corrected chi connectivity index (χ2v) is 8.30. The molecule has 11 heteroatoms. The van der Waals surface area contributed by atoms with Gasteiger partial charge in [-0.25, -0.2) is 18.7 Å². The average molecular weight is 495 g/mol. The maximum Gasteiger partial charge on any atom is 0.251 e. The summed E-state index contributed by atoms with van der Waals surface area (Å²) in [7, 11) is 0. The molecule has 1 aliphatic heterocycles. The van der Waals surface area contributed by atoms with Crippen LogP contribution in [-0.4, -0.2) is 70.3 Å². The fraction of sp³-hybridized carbons (Fsp3) is 0.240. The first kappa shape index (κ1) is 23.6. The van der Waals surface area contributed by atoms with E-state index in [1.165, 1.54) is 12.3 Å². The average Bonchev–Trinajstić information content (AvgIpc) is 3.26. The van der Waals surface area contributed by atoms with E-state index in [0.29, 0.717) is 31.0 Å². The van der Waals surface area contributed by atoms with E-state index >= 15 is 0 Å². The van der Waals surface area contributed by atoms with Gasteiger partial charge in [0.1, 0.15) is 22.8 Å². The lowest BCUT2D eigenvalue weighted by molar-refractivity contribution is 0.0383. The Morgan fingerprint density at radius 1 is 1.08 bits per heavy atom. The number of aromatic nitrogens is 3. The van der Waals surface area contributed by atoms with Crippen LogP contribution >= 0.6 is 0 Å². The molecule has 9 nitrogen and oxygen atoms in total. The topological polar surface area (TPSA) is 115 Å². The van der Waals surface area contributed by atoms with Crippen LogP contribution in [0.3, 0.4) is 0 Å². The lowest BCUT2D eigenvalue weighted by Gasteiger charge is -2.26. The van der Waals surface area contributed by atoms with Gasteiger partial charge in [0, 0.05) is 43.6 Å². The van der Waals surface area contributed by atoms with Crippen LogP contribution < -0.4 is 10.6 Å². The molecule has 186 valence electrons. The van der Waals surface area contributed by atoms with Crippen LogP contribution in [0.2, 0.25) is 0 Å². The molecule has 0 spiro atoms. The van der Waals surface area contributed by atoms with Crippen molar-refractivity contribution >= 4 is 28.3 Å². The minimum Gasteiger partial charge on any atom is -0.494 e. The first-order valence-electron chi connectivity index (χ1n) is 11.5. The first-order valence-corrected chi connectivity index (χ1v) is 11.5. The largest absolute Gasteiger partial charge is 0.494 e. The van der Waals surface area contributed by atoms with Crippen molar-refractivity contribution < 1.29 is 23.4 Å². The molecule has 3 heterocycles.